The van der Waals surface area contributed by atoms with E-state index < -0.39 is 70.4 Å². The van der Waals surface area contributed by atoms with Crippen LogP contribution in [0.1, 0.15) is 79.8 Å². The number of nitrogens with zero attached hydrogens (tertiary/aromatic N) is 3. The number of halogens is 3. The minimum atomic E-state index is -1.30. The highest BCUT2D eigenvalue weighted by Gasteiger charge is 2.54. The van der Waals surface area contributed by atoms with Crippen molar-refractivity contribution in [2.75, 3.05) is 20.3 Å². The summed E-state index contributed by atoms with van der Waals surface area (Å²) < 4.78 is 63.2. The van der Waals surface area contributed by atoms with Crippen LogP contribution >= 0.6 is 0 Å². The summed E-state index contributed by atoms with van der Waals surface area (Å²) in [6.45, 7) is 3.28. The quantitative estimate of drug-likeness (QED) is 0.503. The maximum absolute atomic E-state index is 14.2. The Bertz CT molecular complexity index is 1490. The zero-order valence-corrected chi connectivity index (χ0v) is 22.8. The van der Waals surface area contributed by atoms with Gasteiger partial charge in [-0.15, -0.1) is 0 Å². The summed E-state index contributed by atoms with van der Waals surface area (Å²) in [5.74, 6) is -5.28. The van der Waals surface area contributed by atoms with E-state index in [1.54, 1.807) is 4.90 Å². The summed E-state index contributed by atoms with van der Waals surface area (Å²) in [6.07, 6.45) is 2.18. The first-order valence-corrected chi connectivity index (χ1v) is 13.4. The number of oxime groups is 1. The van der Waals surface area contributed by atoms with Crippen LogP contribution in [0.5, 0.6) is 5.75 Å². The smallest absolute Gasteiger partial charge is 0.274 e. The molecule has 0 saturated carbocycles. The highest BCUT2D eigenvalue weighted by molar-refractivity contribution is 5.99. The molecule has 41 heavy (non-hydrogen) atoms. The second-order valence-electron chi connectivity index (χ2n) is 10.4. The van der Waals surface area contributed by atoms with Gasteiger partial charge in [-0.3, -0.25) is 14.4 Å². The van der Waals surface area contributed by atoms with Crippen molar-refractivity contribution >= 4 is 17.7 Å². The highest BCUT2D eigenvalue weighted by Crippen LogP contribution is 2.46. The van der Waals surface area contributed by atoms with Crippen molar-refractivity contribution in [2.24, 2.45) is 5.16 Å². The fourth-order valence-electron chi connectivity index (χ4n) is 5.46. The molecule has 0 aliphatic carbocycles. The van der Waals surface area contributed by atoms with Crippen LogP contribution in [0.25, 0.3) is 0 Å². The molecule has 1 fully saturated rings. The third kappa shape index (κ3) is 5.02. The number of benzene rings is 1. The molecule has 3 aliphatic heterocycles. The maximum Gasteiger partial charge on any atom is 0.274 e. The molecule has 1 unspecified atom stereocenters. The van der Waals surface area contributed by atoms with Gasteiger partial charge in [-0.1, -0.05) is 18.5 Å². The first-order valence-electron chi connectivity index (χ1n) is 14.0. The van der Waals surface area contributed by atoms with Gasteiger partial charge in [0.2, 0.25) is 11.3 Å². The van der Waals surface area contributed by atoms with Gasteiger partial charge in [-0.25, -0.2) is 13.2 Å². The molecular formula is C28H31F3N4O6. The number of hydrogen-bond acceptors (Lipinski definition) is 7. The number of aromatic nitrogens is 1. The Labute approximate surface area is 235 Å². The Morgan fingerprint density at radius 2 is 2.02 bits per heavy atom. The van der Waals surface area contributed by atoms with Gasteiger partial charge in [0.1, 0.15) is 23.0 Å². The van der Waals surface area contributed by atoms with E-state index in [4.69, 9.17) is 15.7 Å². The molecule has 2 amide bonds. The topological polar surface area (TPSA) is 111 Å². The lowest BCUT2D eigenvalue weighted by Gasteiger charge is -2.42. The second kappa shape index (κ2) is 11.1. The van der Waals surface area contributed by atoms with Crippen LogP contribution in [0, 0.1) is 17.5 Å². The summed E-state index contributed by atoms with van der Waals surface area (Å²) in [4.78, 5) is 48.4. The summed E-state index contributed by atoms with van der Waals surface area (Å²) >= 11 is 0. The van der Waals surface area contributed by atoms with E-state index in [-0.39, 0.29) is 36.5 Å². The van der Waals surface area contributed by atoms with E-state index in [0.29, 0.717) is 31.4 Å². The van der Waals surface area contributed by atoms with Gasteiger partial charge in [0.05, 0.1) is 26.2 Å². The van der Waals surface area contributed by atoms with E-state index in [1.165, 1.54) is 17.9 Å². The van der Waals surface area contributed by atoms with Crippen molar-refractivity contribution in [3.8, 4) is 5.75 Å². The molecule has 1 aromatic carbocycles. The molecule has 1 saturated heterocycles. The van der Waals surface area contributed by atoms with Crippen LogP contribution in [0.2, 0.25) is 0 Å². The number of fused-ring (bicyclic) bond motifs is 5. The summed E-state index contributed by atoms with van der Waals surface area (Å²) in [7, 11) is 1.37. The van der Waals surface area contributed by atoms with Crippen molar-refractivity contribution < 1.29 is 38.4 Å². The largest absolute Gasteiger partial charge is 0.487 e. The third-order valence-electron chi connectivity index (χ3n) is 7.81. The van der Waals surface area contributed by atoms with Crippen LogP contribution < -0.4 is 15.5 Å². The maximum atomic E-state index is 14.2. The number of carbonyl (C=O) groups excluding carboxylic acids is 2. The van der Waals surface area contributed by atoms with Crippen LogP contribution in [0.15, 0.2) is 28.3 Å². The van der Waals surface area contributed by atoms with Crippen LogP contribution in [-0.2, 0) is 16.1 Å². The lowest BCUT2D eigenvalue weighted by Crippen LogP contribution is -2.52. The van der Waals surface area contributed by atoms with Crippen molar-refractivity contribution in [3.05, 3.63) is 62.8 Å². The van der Waals surface area contributed by atoms with Gasteiger partial charge in [0.25, 0.3) is 11.8 Å². The molecule has 1 aromatic heterocycles. The average Bonchev–Trinajstić information content (AvgIpc) is 3.20. The number of nitrogens with one attached hydrogen (secondary N) is 1. The first-order chi connectivity index (χ1) is 20.0. The first kappa shape index (κ1) is 27.2. The predicted molar refractivity (Wildman–Crippen MR) is 140 cm³/mol. The standard InChI is InChI=1S/C28H31F3N4O6/c1-4-5-8-40-25-23-27(38)34-14-21(28(7-6-15(34)2)11-22(39-3)33-41-28)35(23)13-18(24(25)36)26(37)32-12-17-19(30)9-16(29)10-20(17)31/h9-10,13,15,21H,4-8,11-12,14H2,1-3H3,(H,32,37)/t15-,21+,28-/m0/s1/i11D/t11?,15-,21+,28-. The van der Waals surface area contributed by atoms with Crippen LogP contribution in [0.3, 0.4) is 0 Å². The van der Waals surface area contributed by atoms with Gasteiger partial charge in [-0.05, 0) is 26.2 Å². The number of rotatable bonds is 7. The van der Waals surface area contributed by atoms with Gasteiger partial charge >= 0.3 is 0 Å². The Kier molecular flexibility index (Phi) is 7.35. The van der Waals surface area contributed by atoms with Crippen molar-refractivity contribution in [1.29, 1.82) is 0 Å². The Morgan fingerprint density at radius 1 is 1.29 bits per heavy atom. The molecule has 2 bridgehead atoms. The van der Waals surface area contributed by atoms with E-state index >= 15 is 0 Å². The Morgan fingerprint density at radius 3 is 2.68 bits per heavy atom. The summed E-state index contributed by atoms with van der Waals surface area (Å²) in [6, 6.07) is -0.0758. The number of unbranched alkanes of at least 4 members (excludes halogenated alkanes) is 1. The third-order valence-corrected chi connectivity index (χ3v) is 7.81. The SMILES string of the molecule is [2H]C1C(OC)=NO[C@@]12CC[C@H](C)N1C[C@H]2n2cc(C(=O)NCc3c(F)cc(F)cc3F)c(=O)c(OCCCC)c2C1=O. The van der Waals surface area contributed by atoms with Crippen molar-refractivity contribution in [1.82, 2.24) is 14.8 Å². The number of methoxy groups -OCH3 is 1. The zero-order valence-electron chi connectivity index (χ0n) is 23.8. The van der Waals surface area contributed by atoms with Gasteiger partial charge < -0.3 is 29.1 Å². The number of hydrogen-bond donors (Lipinski definition) is 1. The van der Waals surface area contributed by atoms with Gasteiger partial charge in [0, 0.05) is 44.4 Å². The Balaban J connectivity index is 1.62. The van der Waals surface area contributed by atoms with Crippen LogP contribution in [0.4, 0.5) is 13.2 Å². The van der Waals surface area contributed by atoms with E-state index in [2.05, 4.69) is 10.5 Å². The number of ether oxygens (including phenoxy) is 2. The minimum Gasteiger partial charge on any atom is -0.487 e. The summed E-state index contributed by atoms with van der Waals surface area (Å²) in [5, 5.41) is 6.30. The average molecular weight is 578 g/mol. The normalized spacial score (nSPS) is 25.2. The summed E-state index contributed by atoms with van der Waals surface area (Å²) in [5.41, 5.74) is -3.31. The number of amides is 2. The predicted octanol–water partition coefficient (Wildman–Crippen LogP) is 3.67. The van der Waals surface area contributed by atoms with Crippen molar-refractivity contribution in [3.63, 3.8) is 0 Å². The second-order valence-corrected chi connectivity index (χ2v) is 10.4. The fourth-order valence-corrected chi connectivity index (χ4v) is 5.46. The molecule has 220 valence electrons. The fraction of sp³-hybridized carbons (Fsp3) is 0.500. The molecule has 4 heterocycles. The zero-order chi connectivity index (χ0) is 30.3. The number of carbonyl (C=O) groups is 2. The molecule has 4 atom stereocenters. The van der Waals surface area contributed by atoms with Gasteiger partial charge in [0.15, 0.2) is 17.0 Å². The lowest BCUT2D eigenvalue weighted by atomic mass is 9.85. The van der Waals surface area contributed by atoms with Crippen molar-refractivity contribution in [2.45, 2.75) is 70.2 Å². The van der Waals surface area contributed by atoms with E-state index in [9.17, 15) is 27.6 Å². The molecule has 0 radical (unpaired) electrons. The monoisotopic (exact) mass is 577 g/mol. The molecule has 1 N–H and O–H groups in total. The molecule has 13 heteroatoms. The molecule has 2 aromatic rings. The molecule has 3 aliphatic rings. The van der Waals surface area contributed by atoms with Gasteiger partial charge in [-0.2, -0.15) is 0 Å². The van der Waals surface area contributed by atoms with Crippen LogP contribution in [-0.4, -0.2) is 59.1 Å². The molecule has 5 rings (SSSR count). The lowest BCUT2D eigenvalue weighted by molar-refractivity contribution is -0.0656. The van der Waals surface area contributed by atoms with E-state index in [1.807, 2.05) is 13.8 Å². The van der Waals surface area contributed by atoms with E-state index in [0.717, 1.165) is 6.42 Å². The highest BCUT2D eigenvalue weighted by atomic mass is 19.1. The molecule has 1 spiro atoms. The molecule has 10 nitrogen and oxygen atoms in total. The Hall–Kier alpha value is -4.03. The molecular weight excluding hydrogens is 545 g/mol. The number of pyridine rings is 1. The minimum absolute atomic E-state index is 0.0522.